The number of rotatable bonds is 3. The molecule has 0 amide bonds. The Bertz CT molecular complexity index is 238. The van der Waals surface area contributed by atoms with Gasteiger partial charge in [-0.2, -0.15) is 0 Å². The number of hydrogen-bond donors (Lipinski definition) is 1. The molecular weight excluding hydrogens is 172 g/mol. The van der Waals surface area contributed by atoms with Crippen molar-refractivity contribution in [2.75, 3.05) is 6.61 Å². The molecule has 74 valence electrons. The van der Waals surface area contributed by atoms with E-state index in [0.29, 0.717) is 0 Å². The Morgan fingerprint density at radius 2 is 1.85 bits per heavy atom. The third-order valence-corrected chi connectivity index (χ3v) is 3.04. The molecule has 0 saturated heterocycles. The molecule has 0 aromatic carbocycles. The van der Waals surface area contributed by atoms with E-state index in [4.69, 9.17) is 9.84 Å². The van der Waals surface area contributed by atoms with E-state index >= 15 is 0 Å². The number of ether oxygens (including phenoxy) is 1. The van der Waals surface area contributed by atoms with Crippen molar-refractivity contribution in [3.63, 3.8) is 0 Å². The first kappa shape index (κ1) is 10.0. The van der Waals surface area contributed by atoms with Crippen LogP contribution in [-0.4, -0.2) is 23.7 Å². The summed E-state index contributed by atoms with van der Waals surface area (Å²) in [5, 5.41) is 8.94. The predicted octanol–water partition coefficient (Wildman–Crippen LogP) is 0.906. The number of carbonyl (C=O) groups is 2. The van der Waals surface area contributed by atoms with E-state index in [-0.39, 0.29) is 18.4 Å². The van der Waals surface area contributed by atoms with Crippen LogP contribution in [0.2, 0.25) is 0 Å². The van der Waals surface area contributed by atoms with Crippen LogP contribution in [-0.2, 0) is 14.3 Å². The second-order valence-electron chi connectivity index (χ2n) is 3.47. The summed E-state index contributed by atoms with van der Waals surface area (Å²) in [5.41, 5.74) is -1.27. The smallest absolute Gasteiger partial charge is 0.324 e. The fourth-order valence-electron chi connectivity index (χ4n) is 1.87. The van der Waals surface area contributed by atoms with E-state index < -0.39 is 17.4 Å². The Hall–Kier alpha value is -1.06. The molecule has 13 heavy (non-hydrogen) atoms. The van der Waals surface area contributed by atoms with Gasteiger partial charge in [0, 0.05) is 0 Å². The Labute approximate surface area is 76.9 Å². The average molecular weight is 186 g/mol. The molecule has 0 aliphatic heterocycles. The standard InChI is InChI=1S/C9H14O4/c1-4-13-8(12)9(7(10)11)5(2)6(9)3/h5-6H,4H2,1-3H3,(H,10,11)/t5-,6-/m1/s1. The number of esters is 1. The zero-order valence-corrected chi connectivity index (χ0v) is 8.03. The van der Waals surface area contributed by atoms with Gasteiger partial charge in [0.15, 0.2) is 5.41 Å². The molecule has 0 aromatic rings. The second kappa shape index (κ2) is 3.01. The molecule has 0 bridgehead atoms. The zero-order valence-electron chi connectivity index (χ0n) is 8.03. The van der Waals surface area contributed by atoms with Gasteiger partial charge in [0.2, 0.25) is 0 Å². The van der Waals surface area contributed by atoms with Crippen molar-refractivity contribution in [1.82, 2.24) is 0 Å². The quantitative estimate of drug-likeness (QED) is 0.525. The summed E-state index contributed by atoms with van der Waals surface area (Å²) in [6, 6.07) is 0. The van der Waals surface area contributed by atoms with Gasteiger partial charge in [0.05, 0.1) is 6.61 Å². The van der Waals surface area contributed by atoms with Crippen LogP contribution in [0.25, 0.3) is 0 Å². The van der Waals surface area contributed by atoms with Crippen LogP contribution in [0.15, 0.2) is 0 Å². The normalized spacial score (nSPS) is 36.8. The highest BCUT2D eigenvalue weighted by Gasteiger charge is 2.71. The SMILES string of the molecule is CCOC(=O)C1(C(=O)O)[C@H](C)[C@H]1C. The van der Waals surface area contributed by atoms with E-state index in [1.807, 2.05) is 0 Å². The van der Waals surface area contributed by atoms with E-state index in [1.54, 1.807) is 20.8 Å². The van der Waals surface area contributed by atoms with Crippen molar-refractivity contribution >= 4 is 11.9 Å². The lowest BCUT2D eigenvalue weighted by Crippen LogP contribution is -2.30. The lowest BCUT2D eigenvalue weighted by atomic mass is 10.0. The number of carboxylic acids is 1. The Balaban J connectivity index is 2.84. The summed E-state index contributed by atoms with van der Waals surface area (Å²) in [7, 11) is 0. The molecule has 4 heteroatoms. The summed E-state index contributed by atoms with van der Waals surface area (Å²) in [6.07, 6.45) is 0. The van der Waals surface area contributed by atoms with Crippen LogP contribution in [0, 0.1) is 17.3 Å². The largest absolute Gasteiger partial charge is 0.480 e. The van der Waals surface area contributed by atoms with Gasteiger partial charge in [-0.25, -0.2) is 0 Å². The van der Waals surface area contributed by atoms with Crippen molar-refractivity contribution in [1.29, 1.82) is 0 Å². The second-order valence-corrected chi connectivity index (χ2v) is 3.47. The third kappa shape index (κ3) is 1.12. The molecule has 2 atom stereocenters. The average Bonchev–Trinajstić information content (AvgIpc) is 2.57. The van der Waals surface area contributed by atoms with E-state index in [0.717, 1.165) is 0 Å². The van der Waals surface area contributed by atoms with Crippen molar-refractivity contribution in [2.24, 2.45) is 17.3 Å². The van der Waals surface area contributed by atoms with Crippen LogP contribution >= 0.6 is 0 Å². The highest BCUT2D eigenvalue weighted by atomic mass is 16.5. The van der Waals surface area contributed by atoms with Gasteiger partial charge in [0.1, 0.15) is 0 Å². The topological polar surface area (TPSA) is 63.6 Å². The van der Waals surface area contributed by atoms with Gasteiger partial charge in [0.25, 0.3) is 0 Å². The molecule has 0 aromatic heterocycles. The third-order valence-electron chi connectivity index (χ3n) is 3.04. The first-order valence-electron chi connectivity index (χ1n) is 4.40. The lowest BCUT2D eigenvalue weighted by Gasteiger charge is -2.09. The molecule has 0 radical (unpaired) electrons. The van der Waals surface area contributed by atoms with E-state index in [1.165, 1.54) is 0 Å². The minimum absolute atomic E-state index is 0.121. The predicted molar refractivity (Wildman–Crippen MR) is 45.0 cm³/mol. The van der Waals surface area contributed by atoms with E-state index in [2.05, 4.69) is 0 Å². The Morgan fingerprint density at radius 1 is 1.38 bits per heavy atom. The maximum Gasteiger partial charge on any atom is 0.324 e. The molecule has 1 saturated carbocycles. The molecule has 1 aliphatic rings. The number of carboxylic acid groups (broad SMARTS) is 1. The number of carbonyl (C=O) groups excluding carboxylic acids is 1. The minimum atomic E-state index is -1.27. The zero-order chi connectivity index (χ0) is 10.2. The van der Waals surface area contributed by atoms with Crippen molar-refractivity contribution in [2.45, 2.75) is 20.8 Å². The van der Waals surface area contributed by atoms with Crippen molar-refractivity contribution in [3.05, 3.63) is 0 Å². The molecular formula is C9H14O4. The van der Waals surface area contributed by atoms with Gasteiger partial charge in [-0.3, -0.25) is 9.59 Å². The van der Waals surface area contributed by atoms with Crippen LogP contribution < -0.4 is 0 Å². The fourth-order valence-corrected chi connectivity index (χ4v) is 1.87. The van der Waals surface area contributed by atoms with Crippen LogP contribution in [0.4, 0.5) is 0 Å². The molecule has 1 N–H and O–H groups in total. The maximum absolute atomic E-state index is 11.4. The molecule has 1 fully saturated rings. The Kier molecular flexibility index (Phi) is 2.32. The molecule has 0 unspecified atom stereocenters. The summed E-state index contributed by atoms with van der Waals surface area (Å²) in [4.78, 5) is 22.3. The lowest BCUT2D eigenvalue weighted by molar-refractivity contribution is -0.162. The summed E-state index contributed by atoms with van der Waals surface area (Å²) < 4.78 is 4.75. The summed E-state index contributed by atoms with van der Waals surface area (Å²) >= 11 is 0. The first-order chi connectivity index (χ1) is 5.99. The van der Waals surface area contributed by atoms with Gasteiger partial charge in [-0.05, 0) is 18.8 Å². The summed E-state index contributed by atoms with van der Waals surface area (Å²) in [6.45, 7) is 5.42. The highest BCUT2D eigenvalue weighted by Crippen LogP contribution is 2.59. The van der Waals surface area contributed by atoms with Crippen molar-refractivity contribution < 1.29 is 19.4 Å². The molecule has 1 aliphatic carbocycles. The number of aliphatic carboxylic acids is 1. The maximum atomic E-state index is 11.4. The molecule has 0 heterocycles. The van der Waals surface area contributed by atoms with Gasteiger partial charge < -0.3 is 9.84 Å². The molecule has 1 rings (SSSR count). The highest BCUT2D eigenvalue weighted by molar-refractivity contribution is 6.03. The Morgan fingerprint density at radius 3 is 2.08 bits per heavy atom. The van der Waals surface area contributed by atoms with Crippen LogP contribution in [0.1, 0.15) is 20.8 Å². The monoisotopic (exact) mass is 186 g/mol. The van der Waals surface area contributed by atoms with Gasteiger partial charge in [-0.15, -0.1) is 0 Å². The van der Waals surface area contributed by atoms with Crippen LogP contribution in [0.3, 0.4) is 0 Å². The molecule has 4 nitrogen and oxygen atoms in total. The molecule has 0 spiro atoms. The summed E-state index contributed by atoms with van der Waals surface area (Å²) in [5.74, 6) is -1.90. The van der Waals surface area contributed by atoms with E-state index in [9.17, 15) is 9.59 Å². The van der Waals surface area contributed by atoms with Gasteiger partial charge in [-0.1, -0.05) is 13.8 Å². The fraction of sp³-hybridized carbons (Fsp3) is 0.778. The first-order valence-corrected chi connectivity index (χ1v) is 4.40. The van der Waals surface area contributed by atoms with Crippen LogP contribution in [0.5, 0.6) is 0 Å². The van der Waals surface area contributed by atoms with Crippen molar-refractivity contribution in [3.8, 4) is 0 Å². The van der Waals surface area contributed by atoms with Gasteiger partial charge >= 0.3 is 11.9 Å². The minimum Gasteiger partial charge on any atom is -0.480 e. The number of hydrogen-bond acceptors (Lipinski definition) is 3.